The zero-order valence-corrected chi connectivity index (χ0v) is 11.4. The standard InChI is InChI=1S/C12H15BrN4/c1-16-2-4-17(5-3-16)12-7-9(13)6-11-10(12)8-14-15-11/h6-8H,2-5H2,1H3,(H,14,15). The van der Waals surface area contributed by atoms with Gasteiger partial charge in [-0.05, 0) is 19.2 Å². The van der Waals surface area contributed by atoms with E-state index in [1.807, 2.05) is 6.20 Å². The summed E-state index contributed by atoms with van der Waals surface area (Å²) in [5.41, 5.74) is 2.37. The third-order valence-corrected chi connectivity index (χ3v) is 3.80. The maximum Gasteiger partial charge on any atom is 0.0682 e. The summed E-state index contributed by atoms with van der Waals surface area (Å²) in [6, 6.07) is 4.26. The molecule has 1 fully saturated rings. The van der Waals surface area contributed by atoms with Crippen LogP contribution in [0.1, 0.15) is 0 Å². The highest BCUT2D eigenvalue weighted by Gasteiger charge is 2.17. The number of benzene rings is 1. The molecule has 90 valence electrons. The number of halogens is 1. The number of fused-ring (bicyclic) bond motifs is 1. The Hall–Kier alpha value is -1.07. The highest BCUT2D eigenvalue weighted by atomic mass is 79.9. The Morgan fingerprint density at radius 3 is 2.76 bits per heavy atom. The number of hydrogen-bond donors (Lipinski definition) is 1. The predicted octanol–water partition coefficient (Wildman–Crippen LogP) is 2.08. The minimum atomic E-state index is 1.08. The monoisotopic (exact) mass is 294 g/mol. The van der Waals surface area contributed by atoms with Gasteiger partial charge in [0.05, 0.1) is 11.7 Å². The summed E-state index contributed by atoms with van der Waals surface area (Å²) in [6.07, 6.45) is 1.91. The highest BCUT2D eigenvalue weighted by molar-refractivity contribution is 9.10. The molecule has 0 saturated carbocycles. The van der Waals surface area contributed by atoms with E-state index in [4.69, 9.17) is 0 Å². The number of piperazine rings is 1. The Labute approximate surface area is 109 Å². The van der Waals surface area contributed by atoms with Crippen LogP contribution in [0.4, 0.5) is 5.69 Å². The largest absolute Gasteiger partial charge is 0.368 e. The molecule has 0 aliphatic carbocycles. The zero-order valence-electron chi connectivity index (χ0n) is 9.78. The number of hydrogen-bond acceptors (Lipinski definition) is 3. The van der Waals surface area contributed by atoms with E-state index >= 15 is 0 Å². The van der Waals surface area contributed by atoms with Crippen LogP contribution >= 0.6 is 15.9 Å². The topological polar surface area (TPSA) is 35.2 Å². The van der Waals surface area contributed by atoms with Crippen LogP contribution < -0.4 is 4.90 Å². The lowest BCUT2D eigenvalue weighted by Crippen LogP contribution is -2.44. The van der Waals surface area contributed by atoms with Gasteiger partial charge in [0, 0.05) is 41.7 Å². The third-order valence-electron chi connectivity index (χ3n) is 3.35. The highest BCUT2D eigenvalue weighted by Crippen LogP contribution is 2.30. The van der Waals surface area contributed by atoms with Crippen molar-refractivity contribution in [2.24, 2.45) is 0 Å². The predicted molar refractivity (Wildman–Crippen MR) is 73.5 cm³/mol. The Bertz CT molecular complexity index is 528. The van der Waals surface area contributed by atoms with Crippen molar-refractivity contribution >= 4 is 32.5 Å². The van der Waals surface area contributed by atoms with Crippen molar-refractivity contribution in [2.45, 2.75) is 0 Å². The van der Waals surface area contributed by atoms with Crippen LogP contribution in [0.2, 0.25) is 0 Å². The second-order valence-corrected chi connectivity index (χ2v) is 5.46. The smallest absolute Gasteiger partial charge is 0.0682 e. The minimum Gasteiger partial charge on any atom is -0.368 e. The van der Waals surface area contributed by atoms with E-state index < -0.39 is 0 Å². The maximum atomic E-state index is 4.13. The van der Waals surface area contributed by atoms with E-state index in [0.717, 1.165) is 36.2 Å². The van der Waals surface area contributed by atoms with Gasteiger partial charge in [0.2, 0.25) is 0 Å². The van der Waals surface area contributed by atoms with Gasteiger partial charge in [0.1, 0.15) is 0 Å². The van der Waals surface area contributed by atoms with Gasteiger partial charge in [-0.2, -0.15) is 5.10 Å². The van der Waals surface area contributed by atoms with Crippen LogP contribution in [0.3, 0.4) is 0 Å². The molecule has 2 heterocycles. The van der Waals surface area contributed by atoms with E-state index in [1.54, 1.807) is 0 Å². The van der Waals surface area contributed by atoms with Gasteiger partial charge in [-0.15, -0.1) is 0 Å². The van der Waals surface area contributed by atoms with Gasteiger partial charge in [-0.25, -0.2) is 0 Å². The van der Waals surface area contributed by atoms with Crippen molar-refractivity contribution in [3.63, 3.8) is 0 Å². The van der Waals surface area contributed by atoms with Gasteiger partial charge >= 0.3 is 0 Å². The van der Waals surface area contributed by atoms with Gasteiger partial charge in [-0.1, -0.05) is 15.9 Å². The molecule has 0 atom stereocenters. The molecule has 1 aliphatic rings. The zero-order chi connectivity index (χ0) is 11.8. The average Bonchev–Trinajstić information content (AvgIpc) is 2.77. The second kappa shape index (κ2) is 4.31. The molecule has 1 saturated heterocycles. The van der Waals surface area contributed by atoms with E-state index in [-0.39, 0.29) is 0 Å². The van der Waals surface area contributed by atoms with Crippen molar-refractivity contribution in [1.82, 2.24) is 15.1 Å². The van der Waals surface area contributed by atoms with Crippen molar-refractivity contribution < 1.29 is 0 Å². The fraction of sp³-hybridized carbons (Fsp3) is 0.417. The van der Waals surface area contributed by atoms with Crippen molar-refractivity contribution in [2.75, 3.05) is 38.1 Å². The molecule has 4 nitrogen and oxygen atoms in total. The summed E-state index contributed by atoms with van der Waals surface area (Å²) in [4.78, 5) is 4.80. The first kappa shape index (κ1) is 11.0. The van der Waals surface area contributed by atoms with Gasteiger partial charge in [-0.3, -0.25) is 5.10 Å². The van der Waals surface area contributed by atoms with Gasteiger partial charge < -0.3 is 9.80 Å². The lowest BCUT2D eigenvalue weighted by atomic mass is 10.2. The van der Waals surface area contributed by atoms with E-state index in [2.05, 4.69) is 55.1 Å². The van der Waals surface area contributed by atoms with Crippen LogP contribution in [-0.2, 0) is 0 Å². The molecule has 17 heavy (non-hydrogen) atoms. The fourth-order valence-electron chi connectivity index (χ4n) is 2.31. The SMILES string of the molecule is CN1CCN(c2cc(Br)cc3[nH]ncc23)CC1. The number of likely N-dealkylation sites (N-methyl/N-ethyl adjacent to an activating group) is 1. The summed E-state index contributed by atoms with van der Waals surface area (Å²) in [7, 11) is 2.17. The van der Waals surface area contributed by atoms with Crippen LogP contribution in [0.5, 0.6) is 0 Å². The van der Waals surface area contributed by atoms with Crippen LogP contribution in [0, 0.1) is 0 Å². The molecule has 0 unspecified atom stereocenters. The Kier molecular flexibility index (Phi) is 2.80. The van der Waals surface area contributed by atoms with Crippen LogP contribution in [-0.4, -0.2) is 48.3 Å². The molecule has 1 N–H and O–H groups in total. The Balaban J connectivity index is 2.01. The van der Waals surface area contributed by atoms with E-state index in [9.17, 15) is 0 Å². The summed E-state index contributed by atoms with van der Waals surface area (Å²) in [5, 5.41) is 8.37. The molecule has 0 bridgehead atoms. The molecule has 0 spiro atoms. The first-order chi connectivity index (χ1) is 8.24. The summed E-state index contributed by atoms with van der Waals surface area (Å²) < 4.78 is 1.10. The van der Waals surface area contributed by atoms with Crippen molar-refractivity contribution in [3.8, 4) is 0 Å². The molecule has 1 aromatic carbocycles. The van der Waals surface area contributed by atoms with Gasteiger partial charge in [0.25, 0.3) is 0 Å². The molecule has 1 aliphatic heterocycles. The summed E-state index contributed by atoms with van der Waals surface area (Å²) in [5.74, 6) is 0. The quantitative estimate of drug-likeness (QED) is 0.875. The molecular weight excluding hydrogens is 280 g/mol. The molecular formula is C12H15BrN4. The molecule has 5 heteroatoms. The summed E-state index contributed by atoms with van der Waals surface area (Å²) in [6.45, 7) is 4.39. The normalized spacial score (nSPS) is 17.9. The van der Waals surface area contributed by atoms with Gasteiger partial charge in [0.15, 0.2) is 0 Å². The number of nitrogens with zero attached hydrogens (tertiary/aromatic N) is 3. The number of rotatable bonds is 1. The number of aromatic nitrogens is 2. The van der Waals surface area contributed by atoms with E-state index in [0.29, 0.717) is 0 Å². The fourth-order valence-corrected chi connectivity index (χ4v) is 2.75. The molecule has 3 rings (SSSR count). The van der Waals surface area contributed by atoms with Crippen molar-refractivity contribution in [1.29, 1.82) is 0 Å². The molecule has 0 radical (unpaired) electrons. The average molecular weight is 295 g/mol. The second-order valence-electron chi connectivity index (χ2n) is 4.55. The lowest BCUT2D eigenvalue weighted by Gasteiger charge is -2.34. The third kappa shape index (κ3) is 2.05. The lowest BCUT2D eigenvalue weighted by molar-refractivity contribution is 0.313. The molecule has 1 aromatic heterocycles. The Morgan fingerprint density at radius 2 is 2.00 bits per heavy atom. The molecule has 0 amide bonds. The van der Waals surface area contributed by atoms with Crippen LogP contribution in [0.25, 0.3) is 10.9 Å². The first-order valence-electron chi connectivity index (χ1n) is 5.80. The molecule has 2 aromatic rings. The van der Waals surface area contributed by atoms with E-state index in [1.165, 1.54) is 11.1 Å². The number of nitrogens with one attached hydrogen (secondary N) is 1. The summed E-state index contributed by atoms with van der Waals surface area (Å²) >= 11 is 3.56. The number of aromatic amines is 1. The van der Waals surface area contributed by atoms with Crippen molar-refractivity contribution in [3.05, 3.63) is 22.8 Å². The number of anilines is 1. The Morgan fingerprint density at radius 1 is 1.24 bits per heavy atom. The minimum absolute atomic E-state index is 1.08. The number of H-pyrrole nitrogens is 1. The van der Waals surface area contributed by atoms with Crippen LogP contribution in [0.15, 0.2) is 22.8 Å². The maximum absolute atomic E-state index is 4.13. The first-order valence-corrected chi connectivity index (χ1v) is 6.59.